The summed E-state index contributed by atoms with van der Waals surface area (Å²) in [7, 11) is 0. The average molecular weight is 176 g/mol. The standard InChI is InChI=1S/C12H16O/c1-2-12-8-4-3-6-10(12)11(13)7-5-9-12/h2,6H,1,3-5,7-9H2. The van der Waals surface area contributed by atoms with Crippen LogP contribution in [-0.4, -0.2) is 5.78 Å². The number of Topliss-reactive ketones (excluding diaryl/α,β-unsaturated/α-hetero) is 1. The van der Waals surface area contributed by atoms with Gasteiger partial charge in [-0.15, -0.1) is 6.58 Å². The van der Waals surface area contributed by atoms with E-state index in [0.29, 0.717) is 5.78 Å². The molecule has 1 heteroatoms. The van der Waals surface area contributed by atoms with E-state index < -0.39 is 0 Å². The van der Waals surface area contributed by atoms with Gasteiger partial charge >= 0.3 is 0 Å². The lowest BCUT2D eigenvalue weighted by Gasteiger charge is -2.38. The van der Waals surface area contributed by atoms with Gasteiger partial charge in [0.2, 0.25) is 0 Å². The molecular weight excluding hydrogens is 160 g/mol. The van der Waals surface area contributed by atoms with Gasteiger partial charge in [-0.25, -0.2) is 0 Å². The second-order valence-electron chi connectivity index (χ2n) is 4.15. The molecule has 1 saturated carbocycles. The zero-order valence-electron chi connectivity index (χ0n) is 8.01. The Labute approximate surface area is 79.5 Å². The van der Waals surface area contributed by atoms with Gasteiger partial charge in [0.1, 0.15) is 0 Å². The predicted molar refractivity (Wildman–Crippen MR) is 53.4 cm³/mol. The molecule has 0 bridgehead atoms. The molecule has 1 fully saturated rings. The van der Waals surface area contributed by atoms with Crippen LogP contribution in [0, 0.1) is 5.41 Å². The lowest BCUT2D eigenvalue weighted by atomic mass is 9.64. The zero-order valence-corrected chi connectivity index (χ0v) is 8.01. The molecule has 0 spiro atoms. The molecule has 0 radical (unpaired) electrons. The topological polar surface area (TPSA) is 17.1 Å². The monoisotopic (exact) mass is 176 g/mol. The first kappa shape index (κ1) is 8.74. The van der Waals surface area contributed by atoms with Crippen LogP contribution in [0.25, 0.3) is 0 Å². The van der Waals surface area contributed by atoms with E-state index in [1.54, 1.807) is 0 Å². The van der Waals surface area contributed by atoms with E-state index in [1.165, 1.54) is 6.42 Å². The Hall–Kier alpha value is -0.850. The Bertz CT molecular complexity index is 275. The summed E-state index contributed by atoms with van der Waals surface area (Å²) in [5.41, 5.74) is 1.13. The highest BCUT2D eigenvalue weighted by Gasteiger charge is 2.38. The molecule has 0 saturated heterocycles. The molecule has 2 rings (SSSR count). The van der Waals surface area contributed by atoms with Crippen LogP contribution in [-0.2, 0) is 4.79 Å². The summed E-state index contributed by atoms with van der Waals surface area (Å²) in [6.07, 6.45) is 10.5. The van der Waals surface area contributed by atoms with Gasteiger partial charge in [-0.05, 0) is 32.1 Å². The van der Waals surface area contributed by atoms with Crippen LogP contribution < -0.4 is 0 Å². The summed E-state index contributed by atoms with van der Waals surface area (Å²) >= 11 is 0. The molecule has 0 aromatic carbocycles. The zero-order chi connectivity index (χ0) is 9.31. The molecule has 1 unspecified atom stereocenters. The third kappa shape index (κ3) is 1.27. The predicted octanol–water partition coefficient (Wildman–Crippen LogP) is 3.02. The van der Waals surface area contributed by atoms with Crippen molar-refractivity contribution in [2.24, 2.45) is 5.41 Å². The molecule has 2 aliphatic carbocycles. The van der Waals surface area contributed by atoms with Gasteiger partial charge in [0.05, 0.1) is 0 Å². The van der Waals surface area contributed by atoms with Crippen molar-refractivity contribution >= 4 is 5.78 Å². The fraction of sp³-hybridized carbons (Fsp3) is 0.583. The van der Waals surface area contributed by atoms with E-state index >= 15 is 0 Å². The Balaban J connectivity index is 2.39. The number of hydrogen-bond acceptors (Lipinski definition) is 1. The first-order valence-electron chi connectivity index (χ1n) is 5.16. The largest absolute Gasteiger partial charge is 0.295 e. The smallest absolute Gasteiger partial charge is 0.159 e. The Morgan fingerprint density at radius 1 is 1.38 bits per heavy atom. The molecule has 0 heterocycles. The SMILES string of the molecule is C=CC12CCCC=C1C(=O)CCC2. The molecule has 13 heavy (non-hydrogen) atoms. The van der Waals surface area contributed by atoms with Crippen LogP contribution in [0.1, 0.15) is 38.5 Å². The summed E-state index contributed by atoms with van der Waals surface area (Å²) < 4.78 is 0. The van der Waals surface area contributed by atoms with Crippen LogP contribution in [0.4, 0.5) is 0 Å². The van der Waals surface area contributed by atoms with Crippen LogP contribution in [0.3, 0.4) is 0 Å². The maximum atomic E-state index is 11.7. The first-order valence-corrected chi connectivity index (χ1v) is 5.16. The molecule has 1 nitrogen and oxygen atoms in total. The van der Waals surface area contributed by atoms with Gasteiger partial charge in [0.15, 0.2) is 5.78 Å². The summed E-state index contributed by atoms with van der Waals surface area (Å²) in [6.45, 7) is 3.90. The minimum Gasteiger partial charge on any atom is -0.295 e. The van der Waals surface area contributed by atoms with E-state index in [-0.39, 0.29) is 5.41 Å². The highest BCUT2D eigenvalue weighted by molar-refractivity contribution is 5.98. The van der Waals surface area contributed by atoms with Crippen molar-refractivity contribution in [2.75, 3.05) is 0 Å². The summed E-state index contributed by atoms with van der Waals surface area (Å²) in [6, 6.07) is 0. The van der Waals surface area contributed by atoms with Crippen molar-refractivity contribution in [3.8, 4) is 0 Å². The third-order valence-electron chi connectivity index (χ3n) is 3.43. The van der Waals surface area contributed by atoms with Gasteiger partial charge in [0, 0.05) is 17.4 Å². The lowest BCUT2D eigenvalue weighted by Crippen LogP contribution is -2.32. The quantitative estimate of drug-likeness (QED) is 0.561. The third-order valence-corrected chi connectivity index (χ3v) is 3.43. The molecule has 0 amide bonds. The fourth-order valence-electron chi connectivity index (χ4n) is 2.67. The number of hydrogen-bond donors (Lipinski definition) is 0. The maximum Gasteiger partial charge on any atom is 0.159 e. The molecule has 1 atom stereocenters. The lowest BCUT2D eigenvalue weighted by molar-refractivity contribution is -0.118. The van der Waals surface area contributed by atoms with Crippen molar-refractivity contribution in [3.63, 3.8) is 0 Å². The highest BCUT2D eigenvalue weighted by Crippen LogP contribution is 2.46. The number of rotatable bonds is 1. The average Bonchev–Trinajstić information content (AvgIpc) is 2.18. The van der Waals surface area contributed by atoms with Crippen molar-refractivity contribution in [3.05, 3.63) is 24.3 Å². The first-order chi connectivity index (χ1) is 6.28. The molecular formula is C12H16O. The summed E-state index contributed by atoms with van der Waals surface area (Å²) in [5, 5.41) is 0. The molecule has 70 valence electrons. The van der Waals surface area contributed by atoms with Gasteiger partial charge in [-0.1, -0.05) is 12.2 Å². The van der Waals surface area contributed by atoms with Gasteiger partial charge in [0.25, 0.3) is 0 Å². The maximum absolute atomic E-state index is 11.7. The molecule has 0 aromatic rings. The van der Waals surface area contributed by atoms with Gasteiger partial charge < -0.3 is 0 Å². The van der Waals surface area contributed by atoms with E-state index in [4.69, 9.17) is 0 Å². The number of carbonyl (C=O) groups is 1. The number of ketones is 1. The Morgan fingerprint density at radius 2 is 2.15 bits per heavy atom. The van der Waals surface area contributed by atoms with E-state index in [2.05, 4.69) is 12.7 Å². The van der Waals surface area contributed by atoms with Gasteiger partial charge in [-0.2, -0.15) is 0 Å². The van der Waals surface area contributed by atoms with E-state index in [1.807, 2.05) is 6.08 Å². The van der Waals surface area contributed by atoms with Crippen LogP contribution >= 0.6 is 0 Å². The number of fused-ring (bicyclic) bond motifs is 1. The summed E-state index contributed by atoms with van der Waals surface area (Å²) in [4.78, 5) is 11.7. The highest BCUT2D eigenvalue weighted by atomic mass is 16.1. The van der Waals surface area contributed by atoms with Crippen molar-refractivity contribution in [2.45, 2.75) is 38.5 Å². The fourth-order valence-corrected chi connectivity index (χ4v) is 2.67. The second kappa shape index (κ2) is 3.13. The Kier molecular flexibility index (Phi) is 2.10. The molecule has 0 aliphatic heterocycles. The van der Waals surface area contributed by atoms with Crippen molar-refractivity contribution < 1.29 is 4.79 Å². The van der Waals surface area contributed by atoms with Crippen molar-refractivity contribution in [1.82, 2.24) is 0 Å². The minimum absolute atomic E-state index is 0.0631. The van der Waals surface area contributed by atoms with E-state index in [9.17, 15) is 4.79 Å². The summed E-state index contributed by atoms with van der Waals surface area (Å²) in [5.74, 6) is 0.367. The Morgan fingerprint density at radius 3 is 2.85 bits per heavy atom. The van der Waals surface area contributed by atoms with Crippen LogP contribution in [0.15, 0.2) is 24.3 Å². The van der Waals surface area contributed by atoms with Gasteiger partial charge in [-0.3, -0.25) is 4.79 Å². The van der Waals surface area contributed by atoms with Crippen LogP contribution in [0.2, 0.25) is 0 Å². The molecule has 2 aliphatic rings. The van der Waals surface area contributed by atoms with Crippen LogP contribution in [0.5, 0.6) is 0 Å². The number of carbonyl (C=O) groups excluding carboxylic acids is 1. The number of allylic oxidation sites excluding steroid dienone is 3. The molecule has 0 N–H and O–H groups in total. The minimum atomic E-state index is 0.0631. The molecule has 0 aromatic heterocycles. The second-order valence-corrected chi connectivity index (χ2v) is 4.15. The normalized spacial score (nSPS) is 33.5. The van der Waals surface area contributed by atoms with E-state index in [0.717, 1.165) is 37.7 Å². The van der Waals surface area contributed by atoms with Crippen molar-refractivity contribution in [1.29, 1.82) is 0 Å².